The first-order valence-corrected chi connectivity index (χ1v) is 8.49. The number of fused-ring (bicyclic) bond motifs is 1. The zero-order valence-electron chi connectivity index (χ0n) is 14.0. The van der Waals surface area contributed by atoms with Crippen molar-refractivity contribution < 1.29 is 14.3 Å². The number of ether oxygens (including phenoxy) is 1. The summed E-state index contributed by atoms with van der Waals surface area (Å²) >= 11 is 6.54. The van der Waals surface area contributed by atoms with E-state index in [-0.39, 0.29) is 34.2 Å². The lowest BCUT2D eigenvalue weighted by Gasteiger charge is -2.60. The molecule has 22 heavy (non-hydrogen) atoms. The third-order valence-corrected chi connectivity index (χ3v) is 6.20. The van der Waals surface area contributed by atoms with E-state index in [1.807, 2.05) is 0 Å². The van der Waals surface area contributed by atoms with Crippen molar-refractivity contribution in [2.75, 3.05) is 0 Å². The first-order valence-electron chi connectivity index (χ1n) is 8.05. The molecule has 3 nitrogen and oxygen atoms in total. The summed E-state index contributed by atoms with van der Waals surface area (Å²) in [6, 6.07) is 0. The lowest BCUT2D eigenvalue weighted by atomic mass is 9.46. The molecule has 0 aromatic carbocycles. The molecule has 0 aliphatic heterocycles. The average Bonchev–Trinajstić information content (AvgIpc) is 2.35. The third-order valence-electron chi connectivity index (χ3n) is 5.90. The molecule has 0 aromatic rings. The van der Waals surface area contributed by atoms with Crippen molar-refractivity contribution in [3.05, 3.63) is 12.2 Å². The smallest absolute Gasteiger partial charge is 0.303 e. The number of rotatable bonds is 3. The highest BCUT2D eigenvalue weighted by molar-refractivity contribution is 6.20. The van der Waals surface area contributed by atoms with Crippen LogP contribution in [0.4, 0.5) is 0 Å². The van der Waals surface area contributed by atoms with Gasteiger partial charge < -0.3 is 9.53 Å². The fraction of sp³-hybridized carbons (Fsp3) is 0.778. The number of hydrogen-bond acceptors (Lipinski definition) is 3. The third kappa shape index (κ3) is 2.97. The lowest BCUT2D eigenvalue weighted by molar-refractivity contribution is -0.153. The summed E-state index contributed by atoms with van der Waals surface area (Å²) in [7, 11) is 0. The van der Waals surface area contributed by atoms with Gasteiger partial charge in [0.2, 0.25) is 0 Å². The molecule has 0 saturated heterocycles. The fourth-order valence-corrected chi connectivity index (χ4v) is 5.86. The van der Waals surface area contributed by atoms with Crippen LogP contribution in [0.2, 0.25) is 0 Å². The molecule has 0 aromatic heterocycles. The predicted molar refractivity (Wildman–Crippen MR) is 87.7 cm³/mol. The van der Waals surface area contributed by atoms with Crippen LogP contribution in [0.15, 0.2) is 12.2 Å². The molecule has 0 N–H and O–H groups in total. The van der Waals surface area contributed by atoms with Crippen molar-refractivity contribution in [3.63, 3.8) is 0 Å². The maximum absolute atomic E-state index is 11.4. The van der Waals surface area contributed by atoms with Crippen molar-refractivity contribution in [2.24, 2.45) is 22.7 Å². The van der Waals surface area contributed by atoms with Crippen molar-refractivity contribution in [2.45, 2.75) is 64.9 Å². The van der Waals surface area contributed by atoms with Crippen LogP contribution in [-0.2, 0) is 14.3 Å². The Hall–Kier alpha value is -0.830. The number of aldehydes is 1. The Labute approximate surface area is 138 Å². The van der Waals surface area contributed by atoms with Gasteiger partial charge in [-0.1, -0.05) is 27.4 Å². The summed E-state index contributed by atoms with van der Waals surface area (Å²) in [4.78, 5) is 22.6. The van der Waals surface area contributed by atoms with E-state index < -0.39 is 0 Å². The lowest BCUT2D eigenvalue weighted by Crippen LogP contribution is -2.55. The maximum Gasteiger partial charge on any atom is 0.303 e. The van der Waals surface area contributed by atoms with Gasteiger partial charge in [0.15, 0.2) is 0 Å². The molecular weight excluding hydrogens is 300 g/mol. The second-order valence-corrected chi connectivity index (χ2v) is 8.53. The Morgan fingerprint density at radius 1 is 1.41 bits per heavy atom. The first kappa shape index (κ1) is 17.5. The van der Waals surface area contributed by atoms with Crippen LogP contribution >= 0.6 is 11.6 Å². The van der Waals surface area contributed by atoms with Crippen molar-refractivity contribution in [1.29, 1.82) is 0 Å². The van der Waals surface area contributed by atoms with Gasteiger partial charge in [-0.3, -0.25) is 4.79 Å². The summed E-state index contributed by atoms with van der Waals surface area (Å²) in [5.41, 5.74) is 0.866. The molecule has 0 radical (unpaired) electrons. The molecule has 2 saturated carbocycles. The summed E-state index contributed by atoms with van der Waals surface area (Å²) in [5.74, 6) is 0.0900. The Morgan fingerprint density at radius 3 is 2.59 bits per heavy atom. The highest BCUT2D eigenvalue weighted by Gasteiger charge is 2.57. The highest BCUT2D eigenvalue weighted by Crippen LogP contribution is 2.62. The standard InChI is InChI=1S/C18H27ClO3/c1-11-14(6-7-20)18(5)10-13(19)9-17(3,4)16(18)8-15(11)22-12(2)21/h7,13-16H,1,6,8-10H2,2-5H3/t13-,14-,15-,16-,18+/m0/s1. The molecule has 2 aliphatic rings. The predicted octanol–water partition coefficient (Wildman–Crippen LogP) is 4.13. The largest absolute Gasteiger partial charge is 0.458 e. The van der Waals surface area contributed by atoms with Crippen LogP contribution in [-0.4, -0.2) is 23.7 Å². The SMILES string of the molecule is C=C1[C@@H](OC(C)=O)C[C@H]2C(C)(C)C[C@H](Cl)C[C@]2(C)[C@H]1CC=O. The van der Waals surface area contributed by atoms with E-state index in [0.717, 1.165) is 31.1 Å². The number of alkyl halides is 1. The van der Waals surface area contributed by atoms with E-state index in [0.29, 0.717) is 12.3 Å². The van der Waals surface area contributed by atoms with Gasteiger partial charge in [0.1, 0.15) is 12.4 Å². The van der Waals surface area contributed by atoms with E-state index >= 15 is 0 Å². The van der Waals surface area contributed by atoms with Crippen LogP contribution in [0.3, 0.4) is 0 Å². The molecule has 0 unspecified atom stereocenters. The summed E-state index contributed by atoms with van der Waals surface area (Å²) < 4.78 is 5.51. The molecule has 2 aliphatic carbocycles. The minimum Gasteiger partial charge on any atom is -0.458 e. The van der Waals surface area contributed by atoms with E-state index in [1.165, 1.54) is 6.92 Å². The first-order chi connectivity index (χ1) is 10.1. The van der Waals surface area contributed by atoms with Gasteiger partial charge in [0, 0.05) is 18.7 Å². The van der Waals surface area contributed by atoms with Gasteiger partial charge in [-0.2, -0.15) is 0 Å². The highest BCUT2D eigenvalue weighted by atomic mass is 35.5. The normalized spacial score (nSPS) is 40.7. The molecule has 0 bridgehead atoms. The van der Waals surface area contributed by atoms with Crippen LogP contribution < -0.4 is 0 Å². The maximum atomic E-state index is 11.4. The zero-order chi connectivity index (χ0) is 16.7. The minimum atomic E-state index is -0.288. The Balaban J connectivity index is 2.42. The quantitative estimate of drug-likeness (QED) is 0.339. The van der Waals surface area contributed by atoms with Gasteiger partial charge in [-0.05, 0) is 47.5 Å². The molecular formula is C18H27ClO3. The topological polar surface area (TPSA) is 43.4 Å². The molecule has 0 heterocycles. The molecule has 4 heteroatoms. The monoisotopic (exact) mass is 326 g/mol. The van der Waals surface area contributed by atoms with Crippen LogP contribution in [0.1, 0.15) is 53.4 Å². The van der Waals surface area contributed by atoms with E-state index in [9.17, 15) is 9.59 Å². The van der Waals surface area contributed by atoms with E-state index in [1.54, 1.807) is 0 Å². The number of carbonyl (C=O) groups is 2. The fourth-order valence-electron chi connectivity index (χ4n) is 5.13. The number of carbonyl (C=O) groups excluding carboxylic acids is 2. The van der Waals surface area contributed by atoms with Gasteiger partial charge in [-0.25, -0.2) is 0 Å². The number of esters is 1. The van der Waals surface area contributed by atoms with Crippen LogP contribution in [0.25, 0.3) is 0 Å². The Morgan fingerprint density at radius 2 is 2.05 bits per heavy atom. The minimum absolute atomic E-state index is 0.0222. The van der Waals surface area contributed by atoms with E-state index in [2.05, 4.69) is 27.4 Å². The summed E-state index contributed by atoms with van der Waals surface area (Å²) in [6.07, 6.45) is 3.70. The molecule has 2 rings (SSSR count). The van der Waals surface area contributed by atoms with Crippen molar-refractivity contribution in [1.82, 2.24) is 0 Å². The Kier molecular flexibility index (Phi) is 4.77. The zero-order valence-corrected chi connectivity index (χ0v) is 14.8. The van der Waals surface area contributed by atoms with Gasteiger partial charge in [0.05, 0.1) is 0 Å². The molecule has 0 spiro atoms. The average molecular weight is 327 g/mol. The van der Waals surface area contributed by atoms with Crippen molar-refractivity contribution >= 4 is 23.9 Å². The van der Waals surface area contributed by atoms with E-state index in [4.69, 9.17) is 16.3 Å². The molecule has 5 atom stereocenters. The van der Waals surface area contributed by atoms with Gasteiger partial charge >= 0.3 is 5.97 Å². The second kappa shape index (κ2) is 5.99. The van der Waals surface area contributed by atoms with Crippen LogP contribution in [0, 0.1) is 22.7 Å². The number of halogens is 1. The summed E-state index contributed by atoms with van der Waals surface area (Å²) in [5, 5.41) is 0.114. The van der Waals surface area contributed by atoms with Gasteiger partial charge in [0.25, 0.3) is 0 Å². The van der Waals surface area contributed by atoms with Crippen LogP contribution in [0.5, 0.6) is 0 Å². The molecule has 124 valence electrons. The molecule has 0 amide bonds. The second-order valence-electron chi connectivity index (χ2n) is 7.92. The van der Waals surface area contributed by atoms with Crippen molar-refractivity contribution in [3.8, 4) is 0 Å². The number of hydrogen-bond donors (Lipinski definition) is 0. The Bertz CT molecular complexity index is 485. The molecule has 2 fully saturated rings. The summed E-state index contributed by atoms with van der Waals surface area (Å²) in [6.45, 7) is 12.3. The van der Waals surface area contributed by atoms with Gasteiger partial charge in [-0.15, -0.1) is 11.6 Å².